The maximum absolute atomic E-state index is 13.2. The Kier molecular flexibility index (Phi) is 3.79. The van der Waals surface area contributed by atoms with Crippen molar-refractivity contribution in [2.75, 3.05) is 0 Å². The van der Waals surface area contributed by atoms with Crippen LogP contribution in [-0.2, 0) is 0 Å². The Bertz CT molecular complexity index is 543. The molecule has 0 fully saturated rings. The van der Waals surface area contributed by atoms with Crippen LogP contribution in [0.5, 0.6) is 11.5 Å². The second-order valence-electron chi connectivity index (χ2n) is 3.77. The molecule has 0 amide bonds. The van der Waals surface area contributed by atoms with E-state index >= 15 is 0 Å². The van der Waals surface area contributed by atoms with Crippen LogP contribution >= 0.6 is 11.6 Å². The lowest BCUT2D eigenvalue weighted by Crippen LogP contribution is -1.95. The summed E-state index contributed by atoms with van der Waals surface area (Å²) < 4.78 is 18.6. The number of rotatable bonds is 3. The quantitative estimate of drug-likeness (QED) is 0.922. The van der Waals surface area contributed by atoms with E-state index in [1.54, 1.807) is 25.1 Å². The number of aliphatic hydroxyl groups excluding tert-OH is 1. The molecular formula is C13H11ClFNO2. The second kappa shape index (κ2) is 5.33. The Morgan fingerprint density at radius 2 is 2.00 bits per heavy atom. The third kappa shape index (κ3) is 2.97. The highest BCUT2D eigenvalue weighted by molar-refractivity contribution is 6.30. The third-order valence-electron chi connectivity index (χ3n) is 2.31. The lowest BCUT2D eigenvalue weighted by molar-refractivity contribution is 0.194. The number of ether oxygens (including phenoxy) is 1. The molecule has 5 heteroatoms. The van der Waals surface area contributed by atoms with E-state index in [1.165, 1.54) is 18.3 Å². The summed E-state index contributed by atoms with van der Waals surface area (Å²) in [6, 6.07) is 7.48. The minimum absolute atomic E-state index is 0.0462. The van der Waals surface area contributed by atoms with E-state index < -0.39 is 11.9 Å². The Morgan fingerprint density at radius 3 is 2.56 bits per heavy atom. The summed E-state index contributed by atoms with van der Waals surface area (Å²) >= 11 is 5.57. The molecule has 0 saturated heterocycles. The van der Waals surface area contributed by atoms with E-state index in [1.807, 2.05) is 0 Å². The van der Waals surface area contributed by atoms with E-state index in [0.717, 1.165) is 0 Å². The molecule has 2 aromatic rings. The Morgan fingerprint density at radius 1 is 1.28 bits per heavy atom. The lowest BCUT2D eigenvalue weighted by Gasteiger charge is -2.07. The minimum Gasteiger partial charge on any atom is -0.456 e. The Balaban J connectivity index is 2.15. The highest BCUT2D eigenvalue weighted by atomic mass is 35.5. The number of hydrogen-bond donors (Lipinski definition) is 1. The average Bonchev–Trinajstić information content (AvgIpc) is 2.34. The van der Waals surface area contributed by atoms with Crippen molar-refractivity contribution in [2.45, 2.75) is 13.0 Å². The van der Waals surface area contributed by atoms with E-state index in [2.05, 4.69) is 4.98 Å². The SMILES string of the molecule is C[C@H](O)c1ccc(Oc2ccc(Cl)c(F)c2)cn1. The van der Waals surface area contributed by atoms with Gasteiger partial charge in [-0.3, -0.25) is 4.98 Å². The van der Waals surface area contributed by atoms with Crippen LogP contribution in [0, 0.1) is 5.82 Å². The summed E-state index contributed by atoms with van der Waals surface area (Å²) in [6.45, 7) is 1.62. The molecular weight excluding hydrogens is 257 g/mol. The molecule has 0 aliphatic heterocycles. The van der Waals surface area contributed by atoms with Crippen molar-refractivity contribution < 1.29 is 14.2 Å². The van der Waals surface area contributed by atoms with Gasteiger partial charge in [-0.1, -0.05) is 11.6 Å². The predicted octanol–water partition coefficient (Wildman–Crippen LogP) is 3.72. The van der Waals surface area contributed by atoms with Gasteiger partial charge in [0.05, 0.1) is 23.0 Å². The highest BCUT2D eigenvalue weighted by Crippen LogP contribution is 2.25. The molecule has 0 saturated carbocycles. The molecule has 3 nitrogen and oxygen atoms in total. The predicted molar refractivity (Wildman–Crippen MR) is 66.4 cm³/mol. The molecule has 1 heterocycles. The zero-order valence-electron chi connectivity index (χ0n) is 9.60. The summed E-state index contributed by atoms with van der Waals surface area (Å²) in [6.07, 6.45) is 0.834. The van der Waals surface area contributed by atoms with E-state index in [-0.39, 0.29) is 5.02 Å². The van der Waals surface area contributed by atoms with Gasteiger partial charge in [0.2, 0.25) is 0 Å². The Hall–Kier alpha value is -1.65. The number of halogens is 2. The lowest BCUT2D eigenvalue weighted by atomic mass is 10.2. The second-order valence-corrected chi connectivity index (χ2v) is 4.18. The average molecular weight is 268 g/mol. The molecule has 0 radical (unpaired) electrons. The zero-order valence-corrected chi connectivity index (χ0v) is 10.4. The van der Waals surface area contributed by atoms with Gasteiger partial charge in [-0.15, -0.1) is 0 Å². The van der Waals surface area contributed by atoms with Crippen molar-refractivity contribution in [2.24, 2.45) is 0 Å². The summed E-state index contributed by atoms with van der Waals surface area (Å²) in [4.78, 5) is 4.02. The molecule has 1 aromatic carbocycles. The molecule has 0 spiro atoms. The molecule has 18 heavy (non-hydrogen) atoms. The number of aromatic nitrogens is 1. The van der Waals surface area contributed by atoms with Gasteiger partial charge in [0.1, 0.15) is 17.3 Å². The van der Waals surface area contributed by atoms with E-state index in [0.29, 0.717) is 17.2 Å². The molecule has 0 aliphatic rings. The van der Waals surface area contributed by atoms with Crippen molar-refractivity contribution in [3.8, 4) is 11.5 Å². The largest absolute Gasteiger partial charge is 0.456 e. The van der Waals surface area contributed by atoms with Crippen LogP contribution < -0.4 is 4.74 Å². The molecule has 0 unspecified atom stereocenters. The van der Waals surface area contributed by atoms with Gasteiger partial charge in [-0.05, 0) is 31.2 Å². The number of nitrogens with zero attached hydrogens (tertiary/aromatic N) is 1. The Labute approximate surface area is 109 Å². The molecule has 0 bridgehead atoms. The maximum atomic E-state index is 13.2. The standard InChI is InChI=1S/C13H11ClFNO2/c1-8(17)13-5-3-10(7-16-13)18-9-2-4-11(14)12(15)6-9/h2-8,17H,1H3/t8-/m0/s1. The molecule has 94 valence electrons. The third-order valence-corrected chi connectivity index (χ3v) is 2.62. The first-order valence-electron chi connectivity index (χ1n) is 5.33. The van der Waals surface area contributed by atoms with Crippen molar-refractivity contribution in [1.82, 2.24) is 4.98 Å². The molecule has 1 atom stereocenters. The maximum Gasteiger partial charge on any atom is 0.145 e. The smallest absolute Gasteiger partial charge is 0.145 e. The molecule has 0 aliphatic carbocycles. The van der Waals surface area contributed by atoms with Crippen LogP contribution in [-0.4, -0.2) is 10.1 Å². The first-order valence-corrected chi connectivity index (χ1v) is 5.71. The first kappa shape index (κ1) is 12.8. The molecule has 2 rings (SSSR count). The fraction of sp³-hybridized carbons (Fsp3) is 0.154. The summed E-state index contributed by atoms with van der Waals surface area (Å²) in [5.74, 6) is 0.257. The van der Waals surface area contributed by atoms with Gasteiger partial charge in [0.25, 0.3) is 0 Å². The number of hydrogen-bond acceptors (Lipinski definition) is 3. The van der Waals surface area contributed by atoms with E-state index in [9.17, 15) is 9.50 Å². The van der Waals surface area contributed by atoms with Crippen molar-refractivity contribution in [3.63, 3.8) is 0 Å². The fourth-order valence-corrected chi connectivity index (χ4v) is 1.49. The minimum atomic E-state index is -0.632. The summed E-state index contributed by atoms with van der Waals surface area (Å²) in [5.41, 5.74) is 0.546. The van der Waals surface area contributed by atoms with Gasteiger partial charge in [-0.25, -0.2) is 4.39 Å². The van der Waals surface area contributed by atoms with Crippen molar-refractivity contribution in [1.29, 1.82) is 0 Å². The molecule has 1 N–H and O–H groups in total. The van der Waals surface area contributed by atoms with Crippen LogP contribution in [0.25, 0.3) is 0 Å². The van der Waals surface area contributed by atoms with Crippen molar-refractivity contribution >= 4 is 11.6 Å². The zero-order chi connectivity index (χ0) is 13.1. The number of aliphatic hydroxyl groups is 1. The van der Waals surface area contributed by atoms with Crippen LogP contribution in [0.15, 0.2) is 36.5 Å². The normalized spacial score (nSPS) is 12.2. The van der Waals surface area contributed by atoms with Gasteiger partial charge in [0, 0.05) is 6.07 Å². The topological polar surface area (TPSA) is 42.4 Å². The van der Waals surface area contributed by atoms with E-state index in [4.69, 9.17) is 16.3 Å². The van der Waals surface area contributed by atoms with Gasteiger partial charge in [0.15, 0.2) is 0 Å². The van der Waals surface area contributed by atoms with Gasteiger partial charge < -0.3 is 9.84 Å². The van der Waals surface area contributed by atoms with Gasteiger partial charge >= 0.3 is 0 Å². The van der Waals surface area contributed by atoms with Crippen LogP contribution in [0.1, 0.15) is 18.7 Å². The van der Waals surface area contributed by atoms with Crippen LogP contribution in [0.4, 0.5) is 4.39 Å². The number of pyridine rings is 1. The van der Waals surface area contributed by atoms with Crippen LogP contribution in [0.2, 0.25) is 5.02 Å². The highest BCUT2D eigenvalue weighted by Gasteiger charge is 2.05. The number of benzene rings is 1. The molecule has 1 aromatic heterocycles. The van der Waals surface area contributed by atoms with Crippen molar-refractivity contribution in [3.05, 3.63) is 53.1 Å². The first-order chi connectivity index (χ1) is 8.56. The summed E-state index contributed by atoms with van der Waals surface area (Å²) in [7, 11) is 0. The van der Waals surface area contributed by atoms with Gasteiger partial charge in [-0.2, -0.15) is 0 Å². The van der Waals surface area contributed by atoms with Crippen LogP contribution in [0.3, 0.4) is 0 Å². The summed E-state index contributed by atoms with van der Waals surface area (Å²) in [5, 5.41) is 9.35. The fourth-order valence-electron chi connectivity index (χ4n) is 1.38. The monoisotopic (exact) mass is 267 g/mol.